The molecular formula is C16H20Cl2N2O4. The molecular weight excluding hydrogens is 355 g/mol. The molecule has 2 heterocycles. The lowest BCUT2D eigenvalue weighted by atomic mass is 9.95. The molecule has 0 aromatic heterocycles. The van der Waals surface area contributed by atoms with Crippen LogP contribution in [0.5, 0.6) is 11.5 Å². The first-order valence-corrected chi connectivity index (χ1v) is 8.78. The molecule has 8 heteroatoms. The van der Waals surface area contributed by atoms with Gasteiger partial charge in [0.1, 0.15) is 5.02 Å². The smallest absolute Gasteiger partial charge is 0.255 e. The number of aliphatic hydroxyl groups is 1. The summed E-state index contributed by atoms with van der Waals surface area (Å²) < 4.78 is 11.3. The molecule has 1 amide bonds. The summed E-state index contributed by atoms with van der Waals surface area (Å²) in [6.45, 7) is 2.65. The van der Waals surface area contributed by atoms with Gasteiger partial charge in [0.15, 0.2) is 11.5 Å². The molecule has 0 bridgehead atoms. The minimum Gasteiger partial charge on any atom is -0.489 e. The molecule has 2 aliphatic heterocycles. The van der Waals surface area contributed by atoms with Crippen molar-refractivity contribution in [2.75, 3.05) is 32.8 Å². The molecule has 6 nitrogen and oxygen atoms in total. The van der Waals surface area contributed by atoms with Crippen LogP contribution in [0, 0.1) is 5.92 Å². The van der Waals surface area contributed by atoms with E-state index in [1.807, 2.05) is 0 Å². The average molecular weight is 375 g/mol. The van der Waals surface area contributed by atoms with Gasteiger partial charge >= 0.3 is 0 Å². The first-order chi connectivity index (χ1) is 11.6. The molecule has 1 aromatic rings. The molecule has 1 fully saturated rings. The lowest BCUT2D eigenvalue weighted by Gasteiger charge is -2.28. The summed E-state index contributed by atoms with van der Waals surface area (Å²) in [5, 5.41) is 16.4. The summed E-state index contributed by atoms with van der Waals surface area (Å²) in [7, 11) is 0. The van der Waals surface area contributed by atoms with Gasteiger partial charge < -0.3 is 25.2 Å². The Morgan fingerprint density at radius 2 is 2.08 bits per heavy atom. The van der Waals surface area contributed by atoms with Crippen LogP contribution in [0.4, 0.5) is 0 Å². The zero-order valence-corrected chi connectivity index (χ0v) is 14.6. The third-order valence-electron chi connectivity index (χ3n) is 4.27. The van der Waals surface area contributed by atoms with E-state index in [-0.39, 0.29) is 21.9 Å². The summed E-state index contributed by atoms with van der Waals surface area (Å²) in [4.78, 5) is 12.6. The van der Waals surface area contributed by atoms with E-state index in [4.69, 9.17) is 32.7 Å². The summed E-state index contributed by atoms with van der Waals surface area (Å²) in [5.41, 5.74) is 0.296. The summed E-state index contributed by atoms with van der Waals surface area (Å²) in [6, 6.07) is 1.49. The number of carbonyl (C=O) groups excluding carboxylic acids is 1. The van der Waals surface area contributed by atoms with Crippen LogP contribution in [0.3, 0.4) is 0 Å². The van der Waals surface area contributed by atoms with Gasteiger partial charge in [-0.05, 0) is 19.0 Å². The quantitative estimate of drug-likeness (QED) is 0.752. The molecule has 1 unspecified atom stereocenters. The first kappa shape index (κ1) is 17.6. The van der Waals surface area contributed by atoms with Gasteiger partial charge in [-0.3, -0.25) is 4.79 Å². The maximum atomic E-state index is 12.6. The van der Waals surface area contributed by atoms with Crippen molar-refractivity contribution in [1.29, 1.82) is 0 Å². The number of β-amino-alcohol motifs (C(OH)–C–C–N with tert-alkyl or cyclic N) is 1. The Kier molecular flexibility index (Phi) is 5.71. The van der Waals surface area contributed by atoms with E-state index in [1.165, 1.54) is 6.07 Å². The first-order valence-electron chi connectivity index (χ1n) is 8.02. The monoisotopic (exact) mass is 374 g/mol. The Hall–Kier alpha value is -1.21. The van der Waals surface area contributed by atoms with Crippen LogP contribution in [0.15, 0.2) is 6.07 Å². The van der Waals surface area contributed by atoms with Crippen LogP contribution in [0.1, 0.15) is 23.2 Å². The predicted molar refractivity (Wildman–Crippen MR) is 91.4 cm³/mol. The number of carbonyl (C=O) groups is 1. The van der Waals surface area contributed by atoms with E-state index >= 15 is 0 Å². The number of ether oxygens (including phenoxy) is 2. The standard InChI is InChI=1S/C16H20Cl2N2O4/c17-11-6-10(14-15(13(11)18)24-5-1-4-23-14)16(22)20-7-9-2-3-19-8-12(9)21/h6,9,12,19,21H,1-5,7-8H2,(H,20,22)/t9-,12?/m0/s1. The van der Waals surface area contributed by atoms with Crippen LogP contribution in [0.25, 0.3) is 0 Å². The van der Waals surface area contributed by atoms with E-state index in [0.29, 0.717) is 49.8 Å². The number of halogens is 2. The second-order valence-corrected chi connectivity index (χ2v) is 6.74. The number of aliphatic hydroxyl groups excluding tert-OH is 1. The summed E-state index contributed by atoms with van der Waals surface area (Å²) in [6.07, 6.45) is 1.04. The predicted octanol–water partition coefficient (Wildman–Crippen LogP) is 1.85. The van der Waals surface area contributed by atoms with Crippen LogP contribution in [-0.4, -0.2) is 50.0 Å². The topological polar surface area (TPSA) is 79.8 Å². The fraction of sp³-hybridized carbons (Fsp3) is 0.562. The van der Waals surface area contributed by atoms with Crippen molar-refractivity contribution in [3.63, 3.8) is 0 Å². The highest BCUT2D eigenvalue weighted by atomic mass is 35.5. The number of hydrogen-bond donors (Lipinski definition) is 3. The molecule has 0 radical (unpaired) electrons. The fourth-order valence-corrected chi connectivity index (χ4v) is 3.28. The van der Waals surface area contributed by atoms with E-state index in [1.54, 1.807) is 0 Å². The molecule has 1 saturated heterocycles. The molecule has 2 aliphatic rings. The Morgan fingerprint density at radius 1 is 1.33 bits per heavy atom. The van der Waals surface area contributed by atoms with Crippen LogP contribution >= 0.6 is 23.2 Å². The van der Waals surface area contributed by atoms with Crippen molar-refractivity contribution in [2.24, 2.45) is 5.92 Å². The maximum Gasteiger partial charge on any atom is 0.255 e. The Bertz CT molecular complexity index is 627. The number of fused-ring (bicyclic) bond motifs is 1. The van der Waals surface area contributed by atoms with Crippen molar-refractivity contribution < 1.29 is 19.4 Å². The van der Waals surface area contributed by atoms with Gasteiger partial charge in [-0.1, -0.05) is 23.2 Å². The second kappa shape index (κ2) is 7.78. The zero-order valence-electron chi connectivity index (χ0n) is 13.1. The Balaban J connectivity index is 1.78. The van der Waals surface area contributed by atoms with E-state index in [2.05, 4.69) is 10.6 Å². The molecule has 132 valence electrons. The highest BCUT2D eigenvalue weighted by Crippen LogP contribution is 2.44. The molecule has 3 rings (SSSR count). The molecule has 1 aromatic carbocycles. The summed E-state index contributed by atoms with van der Waals surface area (Å²) >= 11 is 12.3. The van der Waals surface area contributed by atoms with Gasteiger partial charge in [0.25, 0.3) is 5.91 Å². The van der Waals surface area contributed by atoms with Crippen molar-refractivity contribution in [3.05, 3.63) is 21.7 Å². The van der Waals surface area contributed by atoms with Crippen LogP contribution < -0.4 is 20.1 Å². The minimum absolute atomic E-state index is 0.0220. The third kappa shape index (κ3) is 3.72. The highest BCUT2D eigenvalue weighted by Gasteiger charge is 2.27. The summed E-state index contributed by atoms with van der Waals surface area (Å²) in [5.74, 6) is 0.341. The fourth-order valence-electron chi connectivity index (χ4n) is 2.89. The van der Waals surface area contributed by atoms with Gasteiger partial charge in [-0.15, -0.1) is 0 Å². The number of benzene rings is 1. The number of piperidine rings is 1. The lowest BCUT2D eigenvalue weighted by molar-refractivity contribution is 0.0752. The van der Waals surface area contributed by atoms with Crippen molar-refractivity contribution >= 4 is 29.1 Å². The highest BCUT2D eigenvalue weighted by molar-refractivity contribution is 6.43. The zero-order chi connectivity index (χ0) is 17.1. The van der Waals surface area contributed by atoms with Crippen molar-refractivity contribution in [3.8, 4) is 11.5 Å². The number of hydrogen-bond acceptors (Lipinski definition) is 5. The molecule has 0 saturated carbocycles. The van der Waals surface area contributed by atoms with E-state index < -0.39 is 6.10 Å². The van der Waals surface area contributed by atoms with Crippen molar-refractivity contribution in [2.45, 2.75) is 18.9 Å². The van der Waals surface area contributed by atoms with E-state index in [0.717, 1.165) is 13.0 Å². The van der Waals surface area contributed by atoms with Crippen molar-refractivity contribution in [1.82, 2.24) is 10.6 Å². The molecule has 0 spiro atoms. The second-order valence-electron chi connectivity index (χ2n) is 5.96. The number of rotatable bonds is 3. The average Bonchev–Trinajstić information content (AvgIpc) is 2.83. The normalized spacial score (nSPS) is 23.5. The van der Waals surface area contributed by atoms with Gasteiger partial charge in [0.2, 0.25) is 0 Å². The third-order valence-corrected chi connectivity index (χ3v) is 5.04. The maximum absolute atomic E-state index is 12.6. The van der Waals surface area contributed by atoms with Crippen LogP contribution in [-0.2, 0) is 0 Å². The van der Waals surface area contributed by atoms with Crippen LogP contribution in [0.2, 0.25) is 10.0 Å². The molecule has 2 atom stereocenters. The van der Waals surface area contributed by atoms with Gasteiger partial charge in [0, 0.05) is 25.4 Å². The molecule has 3 N–H and O–H groups in total. The number of amides is 1. The minimum atomic E-state index is -0.468. The number of nitrogens with one attached hydrogen (secondary N) is 2. The largest absolute Gasteiger partial charge is 0.489 e. The van der Waals surface area contributed by atoms with Gasteiger partial charge in [-0.25, -0.2) is 0 Å². The molecule has 0 aliphatic carbocycles. The SMILES string of the molecule is O=C(NC[C@@H]1CCNCC1O)c1cc(Cl)c(Cl)c2c1OCCCO2. The van der Waals surface area contributed by atoms with Gasteiger partial charge in [0.05, 0.1) is 29.9 Å². The Labute approximate surface area is 150 Å². The lowest BCUT2D eigenvalue weighted by Crippen LogP contribution is -2.45. The molecule has 24 heavy (non-hydrogen) atoms. The Morgan fingerprint density at radius 3 is 2.83 bits per heavy atom. The van der Waals surface area contributed by atoms with Gasteiger partial charge in [-0.2, -0.15) is 0 Å². The van der Waals surface area contributed by atoms with E-state index in [9.17, 15) is 9.90 Å².